The van der Waals surface area contributed by atoms with Crippen molar-refractivity contribution in [3.63, 3.8) is 0 Å². The van der Waals surface area contributed by atoms with Gasteiger partial charge in [-0.25, -0.2) is 0 Å². The van der Waals surface area contributed by atoms with Gasteiger partial charge in [0.1, 0.15) is 5.75 Å². The lowest BCUT2D eigenvalue weighted by atomic mass is 9.89. The summed E-state index contributed by atoms with van der Waals surface area (Å²) in [5.74, 6) is 0.558. The number of anilines is 2. The molecule has 0 bridgehead atoms. The largest absolute Gasteiger partial charge is 0.494 e. The minimum absolute atomic E-state index is 0.0299. The first-order chi connectivity index (χ1) is 14.4. The summed E-state index contributed by atoms with van der Waals surface area (Å²) in [6.07, 6.45) is 1.80. The zero-order chi connectivity index (χ0) is 20.9. The number of fused-ring (bicyclic) bond motifs is 3. The molecule has 3 heterocycles. The van der Waals surface area contributed by atoms with Crippen molar-refractivity contribution in [1.29, 1.82) is 0 Å². The summed E-state index contributed by atoms with van der Waals surface area (Å²) in [5, 5.41) is 2.76. The maximum Gasteiger partial charge on any atom is 0.243 e. The number of hydrogen-bond donors (Lipinski definition) is 1. The zero-order valence-corrected chi connectivity index (χ0v) is 16.1. The van der Waals surface area contributed by atoms with Crippen LogP contribution in [0.5, 0.6) is 5.75 Å². The number of para-hydroxylation sites is 1. The summed E-state index contributed by atoms with van der Waals surface area (Å²) in [4.78, 5) is 16.6. The number of aryl methyl sites for hydroxylation is 1. The van der Waals surface area contributed by atoms with Crippen LogP contribution in [-0.4, -0.2) is 49.6 Å². The Balaban J connectivity index is 1.25. The molecule has 1 fully saturated rings. The highest BCUT2D eigenvalue weighted by Gasteiger charge is 2.44. The van der Waals surface area contributed by atoms with Crippen LogP contribution in [0.4, 0.5) is 11.4 Å². The number of benzene rings is 2. The molecule has 2 aromatic carbocycles. The van der Waals surface area contributed by atoms with Crippen LogP contribution in [0.25, 0.3) is 0 Å². The average Bonchev–Trinajstić information content (AvgIpc) is 3.07. The maximum absolute atomic E-state index is 12.4. The molecule has 2 aromatic rings. The highest BCUT2D eigenvalue weighted by Crippen LogP contribution is 2.49. The van der Waals surface area contributed by atoms with E-state index >= 15 is 0 Å². The SMILES string of the molecule is [2H]C1([2H])C(=O)Nc2cccc3c2N1[C@H]1CCN(CCCOc2ccc(C)cc2)C[C@@H]31. The third-order valence-corrected chi connectivity index (χ3v) is 6.08. The van der Waals surface area contributed by atoms with Crippen molar-refractivity contribution in [3.8, 4) is 5.75 Å². The molecule has 5 rings (SSSR count). The van der Waals surface area contributed by atoms with E-state index in [0.717, 1.165) is 55.2 Å². The van der Waals surface area contributed by atoms with Crippen LogP contribution in [0.2, 0.25) is 0 Å². The molecular formula is C23H27N3O2. The highest BCUT2D eigenvalue weighted by molar-refractivity contribution is 6.03. The molecule has 0 aromatic heterocycles. The quantitative estimate of drug-likeness (QED) is 0.809. The van der Waals surface area contributed by atoms with Crippen LogP contribution in [-0.2, 0) is 4.79 Å². The van der Waals surface area contributed by atoms with Crippen LogP contribution in [0.1, 0.15) is 32.6 Å². The fraction of sp³-hybridized carbons (Fsp3) is 0.435. The van der Waals surface area contributed by atoms with E-state index in [0.29, 0.717) is 6.61 Å². The standard InChI is InChI=1S/C23H27N3O2/c1-16-6-8-17(9-7-16)28-13-3-11-25-12-10-21-19(14-25)18-4-2-5-20-23(18)26(21)15-22(27)24-20/h2,4-9,19,21H,3,10-15H2,1H3,(H,24,27)/t19-,21-/m0/s1/i15D2. The number of nitrogens with one attached hydrogen (secondary N) is 1. The number of carbonyl (C=O) groups excluding carboxylic acids is 1. The van der Waals surface area contributed by atoms with Crippen molar-refractivity contribution in [3.05, 3.63) is 53.6 Å². The topological polar surface area (TPSA) is 44.8 Å². The Bertz CT molecular complexity index is 963. The number of nitrogens with zero attached hydrogens (tertiary/aromatic N) is 2. The molecule has 2 atom stereocenters. The van der Waals surface area contributed by atoms with Crippen molar-refractivity contribution >= 4 is 17.3 Å². The van der Waals surface area contributed by atoms with E-state index < -0.39 is 12.4 Å². The molecule has 0 saturated carbocycles. The molecule has 3 aliphatic rings. The van der Waals surface area contributed by atoms with E-state index in [1.807, 2.05) is 24.3 Å². The van der Waals surface area contributed by atoms with E-state index in [1.54, 1.807) is 4.90 Å². The Morgan fingerprint density at radius 3 is 2.96 bits per heavy atom. The summed E-state index contributed by atoms with van der Waals surface area (Å²) in [6, 6.07) is 14.1. The number of hydrogen-bond acceptors (Lipinski definition) is 4. The molecule has 5 nitrogen and oxygen atoms in total. The van der Waals surface area contributed by atoms with Gasteiger partial charge in [-0.05, 0) is 43.5 Å². The predicted molar refractivity (Wildman–Crippen MR) is 111 cm³/mol. The molecule has 5 heteroatoms. The lowest BCUT2D eigenvalue weighted by Crippen LogP contribution is -2.49. The highest BCUT2D eigenvalue weighted by atomic mass is 16.5. The predicted octanol–water partition coefficient (Wildman–Crippen LogP) is 3.39. The second kappa shape index (κ2) is 7.13. The first-order valence-electron chi connectivity index (χ1n) is 11.1. The third-order valence-electron chi connectivity index (χ3n) is 6.08. The molecule has 0 spiro atoms. The van der Waals surface area contributed by atoms with E-state index in [4.69, 9.17) is 7.48 Å². The Kier molecular flexibility index (Phi) is 3.92. The monoisotopic (exact) mass is 379 g/mol. The molecular weight excluding hydrogens is 350 g/mol. The number of amides is 1. The van der Waals surface area contributed by atoms with E-state index in [1.165, 1.54) is 5.56 Å². The summed E-state index contributed by atoms with van der Waals surface area (Å²) in [7, 11) is 0. The van der Waals surface area contributed by atoms with Crippen molar-refractivity contribution < 1.29 is 12.3 Å². The Hall–Kier alpha value is -2.53. The number of ether oxygens (including phenoxy) is 1. The van der Waals surface area contributed by atoms with E-state index in [2.05, 4.69) is 35.3 Å². The minimum Gasteiger partial charge on any atom is -0.494 e. The molecule has 28 heavy (non-hydrogen) atoms. The van der Waals surface area contributed by atoms with Crippen LogP contribution in [0.3, 0.4) is 0 Å². The normalized spacial score (nSPS) is 26.0. The van der Waals surface area contributed by atoms with Gasteiger partial charge >= 0.3 is 0 Å². The second-order valence-electron chi connectivity index (χ2n) is 7.96. The summed E-state index contributed by atoms with van der Waals surface area (Å²) < 4.78 is 22.7. The Labute approximate surface area is 169 Å². The number of carbonyl (C=O) groups is 1. The number of rotatable bonds is 5. The fourth-order valence-electron chi connectivity index (χ4n) is 4.73. The van der Waals surface area contributed by atoms with E-state index in [9.17, 15) is 4.79 Å². The van der Waals surface area contributed by atoms with Gasteiger partial charge in [0.2, 0.25) is 5.91 Å². The van der Waals surface area contributed by atoms with Crippen LogP contribution >= 0.6 is 0 Å². The van der Waals surface area contributed by atoms with Gasteiger partial charge in [0.25, 0.3) is 0 Å². The van der Waals surface area contributed by atoms with Crippen molar-refractivity contribution in [2.45, 2.75) is 31.7 Å². The fourth-order valence-corrected chi connectivity index (χ4v) is 4.73. The zero-order valence-electron chi connectivity index (χ0n) is 18.1. The van der Waals surface area contributed by atoms with Gasteiger partial charge in [-0.15, -0.1) is 0 Å². The van der Waals surface area contributed by atoms with E-state index in [-0.39, 0.29) is 12.0 Å². The van der Waals surface area contributed by atoms with Gasteiger partial charge in [-0.2, -0.15) is 0 Å². The Morgan fingerprint density at radius 2 is 2.11 bits per heavy atom. The van der Waals surface area contributed by atoms with Crippen molar-refractivity contribution in [2.24, 2.45) is 0 Å². The molecule has 146 valence electrons. The maximum atomic E-state index is 12.4. The Morgan fingerprint density at radius 1 is 1.25 bits per heavy atom. The molecule has 1 amide bonds. The van der Waals surface area contributed by atoms with Gasteiger partial charge in [0.15, 0.2) is 0 Å². The lowest BCUT2D eigenvalue weighted by molar-refractivity contribution is -0.115. The first-order valence-corrected chi connectivity index (χ1v) is 10.1. The van der Waals surface area contributed by atoms with Gasteiger partial charge in [0, 0.05) is 31.6 Å². The van der Waals surface area contributed by atoms with Gasteiger partial charge in [-0.3, -0.25) is 4.79 Å². The molecule has 0 radical (unpaired) electrons. The van der Waals surface area contributed by atoms with Gasteiger partial charge in [0.05, 0.1) is 27.2 Å². The smallest absolute Gasteiger partial charge is 0.243 e. The van der Waals surface area contributed by atoms with Gasteiger partial charge < -0.3 is 19.9 Å². The molecule has 0 aliphatic carbocycles. The third kappa shape index (κ3) is 3.14. The first kappa shape index (κ1) is 15.4. The van der Waals surface area contributed by atoms with Crippen LogP contribution in [0, 0.1) is 6.92 Å². The lowest BCUT2D eigenvalue weighted by Gasteiger charge is -2.39. The number of piperidine rings is 1. The second-order valence-corrected chi connectivity index (χ2v) is 7.96. The summed E-state index contributed by atoms with van der Waals surface area (Å²) in [6.45, 7) is 3.48. The van der Waals surface area contributed by atoms with Gasteiger partial charge in [-0.1, -0.05) is 29.8 Å². The molecule has 1 saturated heterocycles. The van der Waals surface area contributed by atoms with Crippen molar-refractivity contribution in [1.82, 2.24) is 4.90 Å². The minimum atomic E-state index is -2.01. The van der Waals surface area contributed by atoms with Crippen molar-refractivity contribution in [2.75, 3.05) is 43.0 Å². The summed E-state index contributed by atoms with van der Waals surface area (Å²) >= 11 is 0. The molecule has 1 N–H and O–H groups in total. The molecule has 3 aliphatic heterocycles. The average molecular weight is 380 g/mol. The summed E-state index contributed by atoms with van der Waals surface area (Å²) in [5.41, 5.74) is 3.99. The number of likely N-dealkylation sites (tertiary alicyclic amines) is 1. The van der Waals surface area contributed by atoms with Crippen LogP contribution < -0.4 is 15.0 Å². The van der Waals surface area contributed by atoms with Crippen LogP contribution in [0.15, 0.2) is 42.5 Å². The molecule has 0 unspecified atom stereocenters.